The van der Waals surface area contributed by atoms with Crippen LogP contribution in [0.2, 0.25) is 0 Å². The monoisotopic (exact) mass is 443 g/mol. The molecule has 1 unspecified atom stereocenters. The number of aliphatic hydroxyl groups is 1. The fourth-order valence-corrected chi connectivity index (χ4v) is 3.45. The summed E-state index contributed by atoms with van der Waals surface area (Å²) in [7, 11) is 0. The summed E-state index contributed by atoms with van der Waals surface area (Å²) in [5.41, 5.74) is 1.84. The van der Waals surface area contributed by atoms with Crippen LogP contribution in [0.5, 0.6) is 0 Å². The lowest BCUT2D eigenvalue weighted by Crippen LogP contribution is -2.28. The summed E-state index contributed by atoms with van der Waals surface area (Å²) in [6.45, 7) is -0.384. The van der Waals surface area contributed by atoms with Crippen molar-refractivity contribution in [3.05, 3.63) is 71.4 Å². The second kappa shape index (κ2) is 8.83. The Bertz CT molecular complexity index is 1120. The van der Waals surface area contributed by atoms with E-state index in [2.05, 4.69) is 25.9 Å². The first-order valence-electron chi connectivity index (χ1n) is 9.87. The Balaban J connectivity index is 1.58. The molecular formula is C22H20F3N5O2. The number of anilines is 4. The number of carbonyl (C=O) groups is 1. The van der Waals surface area contributed by atoms with Crippen LogP contribution in [-0.2, 0) is 23.8 Å². The minimum atomic E-state index is -4.67. The molecule has 32 heavy (non-hydrogen) atoms. The predicted octanol–water partition coefficient (Wildman–Crippen LogP) is 3.75. The predicted molar refractivity (Wildman–Crippen MR) is 114 cm³/mol. The van der Waals surface area contributed by atoms with Crippen LogP contribution in [0, 0.1) is 0 Å². The summed E-state index contributed by atoms with van der Waals surface area (Å²) in [6, 6.07) is 13.5. The summed E-state index contributed by atoms with van der Waals surface area (Å²) in [5, 5.41) is 18.0. The zero-order chi connectivity index (χ0) is 22.7. The lowest BCUT2D eigenvalue weighted by Gasteiger charge is -2.20. The smallest absolute Gasteiger partial charge is 0.394 e. The van der Waals surface area contributed by atoms with Gasteiger partial charge in [0, 0.05) is 17.6 Å². The van der Waals surface area contributed by atoms with Gasteiger partial charge in [0.05, 0.1) is 19.1 Å². The van der Waals surface area contributed by atoms with E-state index in [9.17, 15) is 23.1 Å². The molecule has 1 atom stereocenters. The molecule has 0 bridgehead atoms. The first-order valence-corrected chi connectivity index (χ1v) is 9.87. The molecule has 166 valence electrons. The van der Waals surface area contributed by atoms with Gasteiger partial charge >= 0.3 is 6.18 Å². The van der Waals surface area contributed by atoms with Crippen LogP contribution in [0.3, 0.4) is 0 Å². The van der Waals surface area contributed by atoms with Crippen LogP contribution in [0.15, 0.2) is 54.7 Å². The van der Waals surface area contributed by atoms with Crippen molar-refractivity contribution in [2.45, 2.75) is 25.1 Å². The maximum atomic E-state index is 13.5. The van der Waals surface area contributed by atoms with Gasteiger partial charge in [-0.1, -0.05) is 30.3 Å². The van der Waals surface area contributed by atoms with Crippen molar-refractivity contribution in [3.63, 3.8) is 0 Å². The van der Waals surface area contributed by atoms with Crippen LogP contribution in [0.1, 0.15) is 16.7 Å². The number of aromatic nitrogens is 2. The molecule has 0 fully saturated rings. The molecule has 2 heterocycles. The van der Waals surface area contributed by atoms with Gasteiger partial charge in [0.1, 0.15) is 11.4 Å². The van der Waals surface area contributed by atoms with E-state index in [1.165, 1.54) is 0 Å². The number of halogens is 3. The van der Waals surface area contributed by atoms with Gasteiger partial charge < -0.3 is 21.1 Å². The van der Waals surface area contributed by atoms with Crippen molar-refractivity contribution >= 4 is 29.0 Å². The minimum absolute atomic E-state index is 0.0471. The molecule has 4 N–H and O–H groups in total. The molecule has 2 aromatic carbocycles. The molecule has 0 saturated carbocycles. The highest BCUT2D eigenvalue weighted by molar-refractivity contribution is 5.99. The number of alkyl halides is 3. The summed E-state index contributed by atoms with van der Waals surface area (Å²) < 4.78 is 40.6. The van der Waals surface area contributed by atoms with Crippen LogP contribution >= 0.6 is 0 Å². The van der Waals surface area contributed by atoms with Gasteiger partial charge in [0.25, 0.3) is 0 Å². The molecule has 10 heteroatoms. The van der Waals surface area contributed by atoms with E-state index in [4.69, 9.17) is 0 Å². The molecule has 0 spiro atoms. The van der Waals surface area contributed by atoms with Gasteiger partial charge in [0.2, 0.25) is 11.9 Å². The molecule has 4 rings (SSSR count). The van der Waals surface area contributed by atoms with Crippen molar-refractivity contribution < 1.29 is 23.1 Å². The second-order valence-electron chi connectivity index (χ2n) is 7.39. The Morgan fingerprint density at radius 2 is 1.94 bits per heavy atom. The average Bonchev–Trinajstić information content (AvgIpc) is 3.12. The molecular weight excluding hydrogens is 423 g/mol. The highest BCUT2D eigenvalue weighted by Crippen LogP contribution is 2.35. The number of carbonyl (C=O) groups excluding carboxylic acids is 1. The Labute approximate surface area is 181 Å². The van der Waals surface area contributed by atoms with E-state index in [-0.39, 0.29) is 24.9 Å². The standard InChI is InChI=1S/C22H20F3N5O2/c23-22(24,25)17-11-26-21(28-15-6-7-18-14(9-15)10-19(32)29-18)30-20(17)27-16(12-31)8-13-4-2-1-3-5-13/h1-7,9,11,16,31H,8,10,12H2,(H,29,32)(H2,26,27,28,30). The van der Waals surface area contributed by atoms with Crippen molar-refractivity contribution in [1.82, 2.24) is 9.97 Å². The number of hydrogen-bond acceptors (Lipinski definition) is 6. The molecule has 0 radical (unpaired) electrons. The summed E-state index contributed by atoms with van der Waals surface area (Å²) >= 11 is 0. The average molecular weight is 443 g/mol. The Morgan fingerprint density at radius 3 is 2.66 bits per heavy atom. The molecule has 0 saturated heterocycles. The molecule has 3 aromatic rings. The third-order valence-electron chi connectivity index (χ3n) is 4.97. The molecule has 1 aliphatic heterocycles. The molecule has 1 aliphatic rings. The number of nitrogens with zero attached hydrogens (tertiary/aromatic N) is 2. The number of nitrogens with one attached hydrogen (secondary N) is 3. The first kappa shape index (κ1) is 21.6. The summed E-state index contributed by atoms with van der Waals surface area (Å²) in [5.74, 6) is -0.597. The Hall–Kier alpha value is -3.66. The zero-order valence-corrected chi connectivity index (χ0v) is 16.8. The fraction of sp³-hybridized carbons (Fsp3) is 0.227. The lowest BCUT2D eigenvalue weighted by atomic mass is 10.1. The quantitative estimate of drug-likeness (QED) is 0.444. The van der Waals surface area contributed by atoms with Crippen LogP contribution in [0.25, 0.3) is 0 Å². The lowest BCUT2D eigenvalue weighted by molar-refractivity contribution is -0.137. The van der Waals surface area contributed by atoms with Crippen LogP contribution in [0.4, 0.5) is 36.3 Å². The minimum Gasteiger partial charge on any atom is -0.394 e. The van der Waals surface area contributed by atoms with Gasteiger partial charge in [0.15, 0.2) is 0 Å². The van der Waals surface area contributed by atoms with Crippen molar-refractivity contribution in [2.24, 2.45) is 0 Å². The van der Waals surface area contributed by atoms with E-state index >= 15 is 0 Å². The Kier molecular flexibility index (Phi) is 5.95. The normalized spacial score (nSPS) is 13.9. The maximum absolute atomic E-state index is 13.5. The third-order valence-corrected chi connectivity index (χ3v) is 4.97. The fourth-order valence-electron chi connectivity index (χ4n) is 3.45. The van der Waals surface area contributed by atoms with E-state index in [1.54, 1.807) is 18.2 Å². The highest BCUT2D eigenvalue weighted by Gasteiger charge is 2.36. The first-order chi connectivity index (χ1) is 15.3. The molecule has 0 aliphatic carbocycles. The van der Waals surface area contributed by atoms with Crippen LogP contribution in [-0.4, -0.2) is 33.6 Å². The number of hydrogen-bond donors (Lipinski definition) is 4. The van der Waals surface area contributed by atoms with Gasteiger partial charge in [-0.15, -0.1) is 0 Å². The van der Waals surface area contributed by atoms with Crippen molar-refractivity contribution in [3.8, 4) is 0 Å². The highest BCUT2D eigenvalue weighted by atomic mass is 19.4. The second-order valence-corrected chi connectivity index (χ2v) is 7.39. The number of fused-ring (bicyclic) bond motifs is 1. The number of aliphatic hydroxyl groups excluding tert-OH is 1. The number of amides is 1. The maximum Gasteiger partial charge on any atom is 0.421 e. The molecule has 7 nitrogen and oxygen atoms in total. The molecule has 1 aromatic heterocycles. The topological polar surface area (TPSA) is 99.2 Å². The molecule has 1 amide bonds. The SMILES string of the molecule is O=C1Cc2cc(Nc3ncc(C(F)(F)F)c(NC(CO)Cc4ccccc4)n3)ccc2N1. The van der Waals surface area contributed by atoms with E-state index < -0.39 is 23.6 Å². The summed E-state index contributed by atoms with van der Waals surface area (Å²) in [6.07, 6.45) is -3.43. The Morgan fingerprint density at radius 1 is 1.16 bits per heavy atom. The zero-order valence-electron chi connectivity index (χ0n) is 16.8. The van der Waals surface area contributed by atoms with E-state index in [0.29, 0.717) is 24.0 Å². The van der Waals surface area contributed by atoms with E-state index in [1.807, 2.05) is 30.3 Å². The van der Waals surface area contributed by atoms with Gasteiger partial charge in [-0.2, -0.15) is 18.2 Å². The van der Waals surface area contributed by atoms with Gasteiger partial charge in [-0.25, -0.2) is 4.98 Å². The number of rotatable bonds is 7. The van der Waals surface area contributed by atoms with Gasteiger partial charge in [-0.3, -0.25) is 4.79 Å². The third kappa shape index (κ3) is 4.97. The van der Waals surface area contributed by atoms with E-state index in [0.717, 1.165) is 11.1 Å². The van der Waals surface area contributed by atoms with Gasteiger partial charge in [-0.05, 0) is 35.7 Å². The van der Waals surface area contributed by atoms with Crippen molar-refractivity contribution in [2.75, 3.05) is 22.6 Å². The summed E-state index contributed by atoms with van der Waals surface area (Å²) in [4.78, 5) is 19.3. The number of benzene rings is 2. The largest absolute Gasteiger partial charge is 0.421 e. The van der Waals surface area contributed by atoms with Crippen molar-refractivity contribution in [1.29, 1.82) is 0 Å². The van der Waals surface area contributed by atoms with Crippen LogP contribution < -0.4 is 16.0 Å².